The fourth-order valence-electron chi connectivity index (χ4n) is 1.97. The van der Waals surface area contributed by atoms with Crippen LogP contribution in [-0.4, -0.2) is 5.78 Å². The van der Waals surface area contributed by atoms with E-state index in [0.29, 0.717) is 17.5 Å². The minimum atomic E-state index is -4.34. The van der Waals surface area contributed by atoms with Crippen molar-refractivity contribution in [3.8, 4) is 11.1 Å². The van der Waals surface area contributed by atoms with E-state index in [2.05, 4.69) is 22.6 Å². The van der Waals surface area contributed by atoms with Crippen molar-refractivity contribution < 1.29 is 18.0 Å². The van der Waals surface area contributed by atoms with Crippen LogP contribution in [0.4, 0.5) is 13.2 Å². The van der Waals surface area contributed by atoms with E-state index in [1.165, 1.54) is 12.1 Å². The molecule has 0 N–H and O–H groups in total. The number of hydrogen-bond acceptors (Lipinski definition) is 1. The largest absolute Gasteiger partial charge is 0.416 e. The Balaban J connectivity index is 2.42. The van der Waals surface area contributed by atoms with Crippen molar-refractivity contribution >= 4 is 28.4 Å². The van der Waals surface area contributed by atoms with Crippen LogP contribution < -0.4 is 0 Å². The van der Waals surface area contributed by atoms with Gasteiger partial charge in [0.1, 0.15) is 0 Å². The molecule has 0 radical (unpaired) electrons. The first-order valence-corrected chi connectivity index (χ1v) is 7.40. The van der Waals surface area contributed by atoms with Gasteiger partial charge in [-0.2, -0.15) is 13.2 Å². The summed E-state index contributed by atoms with van der Waals surface area (Å²) in [7, 11) is 0. The molecule has 0 atom stereocenters. The van der Waals surface area contributed by atoms with Crippen LogP contribution in [0.2, 0.25) is 0 Å². The van der Waals surface area contributed by atoms with Crippen LogP contribution in [0.1, 0.15) is 29.3 Å². The Hall–Kier alpha value is -1.37. The number of halogens is 4. The first-order valence-electron chi connectivity index (χ1n) is 6.32. The normalized spacial score (nSPS) is 11.5. The molecule has 21 heavy (non-hydrogen) atoms. The van der Waals surface area contributed by atoms with E-state index in [0.717, 1.165) is 21.3 Å². The first kappa shape index (κ1) is 16.0. The van der Waals surface area contributed by atoms with E-state index in [4.69, 9.17) is 0 Å². The Morgan fingerprint density at radius 3 is 2.19 bits per heavy atom. The van der Waals surface area contributed by atoms with Gasteiger partial charge in [0.2, 0.25) is 0 Å². The molecule has 0 amide bonds. The lowest BCUT2D eigenvalue weighted by Crippen LogP contribution is -2.04. The molecule has 0 aliphatic heterocycles. The molecule has 2 aromatic carbocycles. The van der Waals surface area contributed by atoms with E-state index < -0.39 is 11.7 Å². The predicted octanol–water partition coefficient (Wildman–Crippen LogP) is 5.57. The van der Waals surface area contributed by atoms with Crippen molar-refractivity contribution in [1.82, 2.24) is 0 Å². The van der Waals surface area contributed by atoms with E-state index in [-0.39, 0.29) is 5.78 Å². The highest BCUT2D eigenvalue weighted by Gasteiger charge is 2.29. The zero-order valence-corrected chi connectivity index (χ0v) is 13.3. The highest BCUT2D eigenvalue weighted by Crippen LogP contribution is 2.31. The molecule has 0 aromatic heterocycles. The number of hydrogen-bond donors (Lipinski definition) is 0. The van der Waals surface area contributed by atoms with Gasteiger partial charge in [0.15, 0.2) is 5.78 Å². The SMILES string of the molecule is CCC(=O)c1cc(I)cc(-c2ccc(C(F)(F)F)cc2)c1. The summed E-state index contributed by atoms with van der Waals surface area (Å²) in [5, 5.41) is 0. The lowest BCUT2D eigenvalue weighted by Gasteiger charge is -2.09. The maximum absolute atomic E-state index is 12.6. The molecule has 0 spiro atoms. The van der Waals surface area contributed by atoms with Gasteiger partial charge in [-0.1, -0.05) is 19.1 Å². The number of rotatable bonds is 3. The van der Waals surface area contributed by atoms with Crippen molar-refractivity contribution in [2.45, 2.75) is 19.5 Å². The molecular formula is C16H12F3IO. The highest BCUT2D eigenvalue weighted by atomic mass is 127. The Morgan fingerprint density at radius 2 is 1.67 bits per heavy atom. The predicted molar refractivity (Wildman–Crippen MR) is 84.2 cm³/mol. The average Bonchev–Trinajstić information content (AvgIpc) is 2.45. The van der Waals surface area contributed by atoms with Gasteiger partial charge in [-0.3, -0.25) is 4.79 Å². The van der Waals surface area contributed by atoms with Gasteiger partial charge in [-0.15, -0.1) is 0 Å². The highest BCUT2D eigenvalue weighted by molar-refractivity contribution is 14.1. The molecule has 0 aliphatic carbocycles. The lowest BCUT2D eigenvalue weighted by atomic mass is 9.99. The molecular weight excluding hydrogens is 392 g/mol. The summed E-state index contributed by atoms with van der Waals surface area (Å²) in [5.74, 6) is 0.0154. The Morgan fingerprint density at radius 1 is 1.05 bits per heavy atom. The Kier molecular flexibility index (Phi) is 4.70. The number of Topliss-reactive ketones (excluding diaryl/α,β-unsaturated/α-hetero) is 1. The quantitative estimate of drug-likeness (QED) is 0.483. The molecule has 1 nitrogen and oxygen atoms in total. The summed E-state index contributed by atoms with van der Waals surface area (Å²) in [5.41, 5.74) is 1.31. The van der Waals surface area contributed by atoms with E-state index >= 15 is 0 Å². The third-order valence-corrected chi connectivity index (χ3v) is 3.71. The van der Waals surface area contributed by atoms with Crippen LogP contribution in [-0.2, 0) is 6.18 Å². The number of alkyl halides is 3. The Bertz CT molecular complexity index is 660. The standard InChI is InChI=1S/C16H12F3IO/c1-2-15(21)12-7-11(8-14(20)9-12)10-3-5-13(6-4-10)16(17,18)19/h3-9H,2H2,1H3. The van der Waals surface area contributed by atoms with Crippen molar-refractivity contribution in [3.05, 3.63) is 57.2 Å². The summed E-state index contributed by atoms with van der Waals surface area (Å²) in [6.07, 6.45) is -3.94. The molecule has 0 saturated heterocycles. The second-order valence-electron chi connectivity index (χ2n) is 4.58. The number of ketones is 1. The van der Waals surface area contributed by atoms with Gasteiger partial charge in [-0.25, -0.2) is 0 Å². The number of benzene rings is 2. The first-order chi connectivity index (χ1) is 9.81. The smallest absolute Gasteiger partial charge is 0.294 e. The molecule has 0 aliphatic rings. The van der Waals surface area contributed by atoms with Crippen LogP contribution >= 0.6 is 22.6 Å². The van der Waals surface area contributed by atoms with Gasteiger partial charge >= 0.3 is 6.18 Å². The fourth-order valence-corrected chi connectivity index (χ4v) is 2.64. The summed E-state index contributed by atoms with van der Waals surface area (Å²) < 4.78 is 38.5. The molecule has 0 bridgehead atoms. The Labute approximate surface area is 134 Å². The third-order valence-electron chi connectivity index (χ3n) is 3.09. The van der Waals surface area contributed by atoms with Gasteiger partial charge < -0.3 is 0 Å². The van der Waals surface area contributed by atoms with Gasteiger partial charge in [0.05, 0.1) is 5.56 Å². The third kappa shape index (κ3) is 3.84. The molecule has 2 rings (SSSR count). The maximum Gasteiger partial charge on any atom is 0.416 e. The summed E-state index contributed by atoms with van der Waals surface area (Å²) in [4.78, 5) is 11.8. The second kappa shape index (κ2) is 6.17. The van der Waals surface area contributed by atoms with Gasteiger partial charge in [-0.05, 0) is 64.0 Å². The van der Waals surface area contributed by atoms with Crippen molar-refractivity contribution in [3.63, 3.8) is 0 Å². The zero-order chi connectivity index (χ0) is 15.6. The van der Waals surface area contributed by atoms with Crippen molar-refractivity contribution in [2.75, 3.05) is 0 Å². The summed E-state index contributed by atoms with van der Waals surface area (Å²) >= 11 is 2.09. The minimum absolute atomic E-state index is 0.0154. The van der Waals surface area contributed by atoms with E-state index in [1.54, 1.807) is 19.1 Å². The molecule has 0 saturated carbocycles. The number of carbonyl (C=O) groups is 1. The molecule has 0 heterocycles. The average molecular weight is 404 g/mol. The maximum atomic E-state index is 12.6. The lowest BCUT2D eigenvalue weighted by molar-refractivity contribution is -0.137. The van der Waals surface area contributed by atoms with Crippen LogP contribution in [0.25, 0.3) is 11.1 Å². The van der Waals surface area contributed by atoms with Gasteiger partial charge in [0.25, 0.3) is 0 Å². The zero-order valence-electron chi connectivity index (χ0n) is 11.2. The molecule has 2 aromatic rings. The second-order valence-corrected chi connectivity index (χ2v) is 5.83. The van der Waals surface area contributed by atoms with Crippen LogP contribution in [0.15, 0.2) is 42.5 Å². The van der Waals surface area contributed by atoms with Crippen molar-refractivity contribution in [2.24, 2.45) is 0 Å². The van der Waals surface area contributed by atoms with Crippen LogP contribution in [0, 0.1) is 3.57 Å². The topological polar surface area (TPSA) is 17.1 Å². The molecule has 5 heteroatoms. The molecule has 0 fully saturated rings. The summed E-state index contributed by atoms with van der Waals surface area (Å²) in [6.45, 7) is 1.78. The monoisotopic (exact) mass is 404 g/mol. The van der Waals surface area contributed by atoms with Crippen LogP contribution in [0.3, 0.4) is 0 Å². The van der Waals surface area contributed by atoms with Crippen molar-refractivity contribution in [1.29, 1.82) is 0 Å². The van der Waals surface area contributed by atoms with Crippen LogP contribution in [0.5, 0.6) is 0 Å². The van der Waals surface area contributed by atoms with E-state index in [9.17, 15) is 18.0 Å². The van der Waals surface area contributed by atoms with Gasteiger partial charge in [0, 0.05) is 15.6 Å². The molecule has 0 unspecified atom stereocenters. The minimum Gasteiger partial charge on any atom is -0.294 e. The number of carbonyl (C=O) groups excluding carboxylic acids is 1. The molecule has 110 valence electrons. The fraction of sp³-hybridized carbons (Fsp3) is 0.188. The van der Waals surface area contributed by atoms with E-state index in [1.807, 2.05) is 6.07 Å². The summed E-state index contributed by atoms with van der Waals surface area (Å²) in [6, 6.07) is 10.3.